The van der Waals surface area contributed by atoms with Gasteiger partial charge in [0.2, 0.25) is 5.91 Å². The number of nitrogens with two attached hydrogens (primary N) is 1. The summed E-state index contributed by atoms with van der Waals surface area (Å²) in [6, 6.07) is 8.88. The van der Waals surface area contributed by atoms with Crippen molar-refractivity contribution >= 4 is 15.7 Å². The predicted octanol–water partition coefficient (Wildman–Crippen LogP) is 4.03. The molecule has 0 radical (unpaired) electrons. The second-order valence-electron chi connectivity index (χ2n) is 8.31. The molecule has 1 amide bonds. The molecule has 0 fully saturated rings. The molecule has 12 heteroatoms. The average Bonchev–Trinajstić information content (AvgIpc) is 2.80. The number of pyridine rings is 2. The first-order chi connectivity index (χ1) is 16.7. The van der Waals surface area contributed by atoms with E-state index in [-0.39, 0.29) is 23.4 Å². The largest absolute Gasteiger partial charge is 0.433 e. The Morgan fingerprint density at radius 2 is 1.86 bits per heavy atom. The van der Waals surface area contributed by atoms with Crippen LogP contribution in [0.2, 0.25) is 0 Å². The van der Waals surface area contributed by atoms with Crippen LogP contribution in [0.25, 0.3) is 11.3 Å². The van der Waals surface area contributed by atoms with Gasteiger partial charge < -0.3 is 11.1 Å². The molecule has 2 unspecified atom stereocenters. The van der Waals surface area contributed by atoms with E-state index in [9.17, 15) is 30.8 Å². The number of alkyl halides is 3. The van der Waals surface area contributed by atoms with Crippen LogP contribution in [0.15, 0.2) is 48.7 Å². The topological polar surface area (TPSA) is 115 Å². The molecular weight excluding hydrogens is 500 g/mol. The number of nitrogens with one attached hydrogen (secondary N) is 1. The minimum absolute atomic E-state index is 0.0357. The van der Waals surface area contributed by atoms with Crippen LogP contribution in [0.1, 0.15) is 46.3 Å². The van der Waals surface area contributed by atoms with Crippen molar-refractivity contribution in [2.75, 3.05) is 6.26 Å². The lowest BCUT2D eigenvalue weighted by atomic mass is 9.98. The van der Waals surface area contributed by atoms with E-state index in [1.807, 2.05) is 0 Å². The summed E-state index contributed by atoms with van der Waals surface area (Å²) < 4.78 is 77.6. The van der Waals surface area contributed by atoms with Crippen LogP contribution < -0.4 is 11.1 Å². The van der Waals surface area contributed by atoms with Crippen LogP contribution in [-0.2, 0) is 27.4 Å². The van der Waals surface area contributed by atoms with Crippen molar-refractivity contribution in [1.82, 2.24) is 15.3 Å². The molecule has 0 bridgehead atoms. The number of aryl methyl sites for hydroxylation is 1. The van der Waals surface area contributed by atoms with E-state index in [1.165, 1.54) is 31.3 Å². The fourth-order valence-electron chi connectivity index (χ4n) is 3.52. The Labute approximate surface area is 205 Å². The molecule has 0 saturated heterocycles. The maximum Gasteiger partial charge on any atom is 0.433 e. The molecule has 0 saturated carbocycles. The third kappa shape index (κ3) is 6.05. The van der Waals surface area contributed by atoms with Crippen molar-refractivity contribution < 1.29 is 30.8 Å². The lowest BCUT2D eigenvalue weighted by Crippen LogP contribution is -2.28. The van der Waals surface area contributed by atoms with E-state index in [4.69, 9.17) is 5.73 Å². The number of halogens is 4. The molecule has 7 nitrogen and oxygen atoms in total. The van der Waals surface area contributed by atoms with Crippen LogP contribution in [0.5, 0.6) is 0 Å². The molecule has 0 aliphatic heterocycles. The highest BCUT2D eigenvalue weighted by atomic mass is 32.2. The number of sulfone groups is 1. The first-order valence-corrected chi connectivity index (χ1v) is 12.7. The van der Waals surface area contributed by atoms with Crippen molar-refractivity contribution in [1.29, 1.82) is 0 Å². The summed E-state index contributed by atoms with van der Waals surface area (Å²) in [5.41, 5.74) is 5.79. The van der Waals surface area contributed by atoms with Gasteiger partial charge in [-0.25, -0.2) is 17.8 Å². The van der Waals surface area contributed by atoms with Gasteiger partial charge in [-0.1, -0.05) is 18.2 Å². The average molecular weight is 525 g/mol. The molecular formula is C24H24F4N4O3S. The zero-order valence-electron chi connectivity index (χ0n) is 19.6. The minimum atomic E-state index is -4.66. The van der Waals surface area contributed by atoms with Crippen LogP contribution >= 0.6 is 0 Å². The number of hydrogen-bond donors (Lipinski definition) is 2. The highest BCUT2D eigenvalue weighted by Gasteiger charge is 2.33. The molecule has 3 aromatic rings. The van der Waals surface area contributed by atoms with Gasteiger partial charge in [-0.15, -0.1) is 0 Å². The summed E-state index contributed by atoms with van der Waals surface area (Å²) in [5.74, 6) is -2.25. The molecule has 2 atom stereocenters. The molecule has 36 heavy (non-hydrogen) atoms. The smallest absolute Gasteiger partial charge is 0.351 e. The molecule has 1 aromatic carbocycles. The van der Waals surface area contributed by atoms with E-state index in [1.54, 1.807) is 19.1 Å². The fraction of sp³-hybridized carbons (Fsp3) is 0.292. The Morgan fingerprint density at radius 3 is 2.44 bits per heavy atom. The number of carbonyl (C=O) groups is 1. The number of benzene rings is 1. The van der Waals surface area contributed by atoms with Crippen molar-refractivity contribution in [3.05, 3.63) is 82.6 Å². The molecule has 2 heterocycles. The zero-order valence-corrected chi connectivity index (χ0v) is 20.4. The van der Waals surface area contributed by atoms with Gasteiger partial charge in [0.15, 0.2) is 9.84 Å². The summed E-state index contributed by atoms with van der Waals surface area (Å²) >= 11 is 0. The maximum absolute atomic E-state index is 14.5. The monoisotopic (exact) mass is 524 g/mol. The highest BCUT2D eigenvalue weighted by molar-refractivity contribution is 7.90. The predicted molar refractivity (Wildman–Crippen MR) is 126 cm³/mol. The van der Waals surface area contributed by atoms with E-state index in [0.29, 0.717) is 16.8 Å². The zero-order chi connectivity index (χ0) is 26.8. The standard InChI is InChI=1S/C24H24F4N4O3S/c1-13(15-6-8-18(19(25)11-15)22(29)36(3,34)35)23(33)31-12-16-7-9-20(24(26,27)28)32-21(16)17-5-4-10-30-14(17)2/h4-11,13,22H,12,29H2,1-3H3,(H,31,33). The van der Waals surface area contributed by atoms with E-state index in [2.05, 4.69) is 15.3 Å². The second kappa shape index (κ2) is 10.3. The van der Waals surface area contributed by atoms with Crippen LogP contribution in [-0.4, -0.2) is 30.5 Å². The summed E-state index contributed by atoms with van der Waals surface area (Å²) in [6.07, 6.45) is -2.27. The Hall–Kier alpha value is -3.38. The molecule has 0 aliphatic carbocycles. The third-order valence-corrected chi connectivity index (χ3v) is 6.85. The molecule has 2 aromatic heterocycles. The van der Waals surface area contributed by atoms with Gasteiger partial charge in [0.25, 0.3) is 0 Å². The van der Waals surface area contributed by atoms with Crippen LogP contribution in [0, 0.1) is 12.7 Å². The van der Waals surface area contributed by atoms with Crippen LogP contribution in [0.4, 0.5) is 17.6 Å². The summed E-state index contributed by atoms with van der Waals surface area (Å²) in [4.78, 5) is 20.7. The summed E-state index contributed by atoms with van der Waals surface area (Å²) in [5, 5.41) is 1.10. The molecule has 3 rings (SSSR count). The number of aromatic nitrogens is 2. The molecule has 0 spiro atoms. The quantitative estimate of drug-likeness (QED) is 0.451. The Bertz CT molecular complexity index is 1390. The number of rotatable bonds is 7. The van der Waals surface area contributed by atoms with Gasteiger partial charge >= 0.3 is 6.18 Å². The Morgan fingerprint density at radius 1 is 1.17 bits per heavy atom. The lowest BCUT2D eigenvalue weighted by Gasteiger charge is -2.17. The Balaban J connectivity index is 1.84. The fourth-order valence-corrected chi connectivity index (χ4v) is 4.17. The number of amides is 1. The van der Waals surface area contributed by atoms with Gasteiger partial charge in [0.05, 0.1) is 11.6 Å². The summed E-state index contributed by atoms with van der Waals surface area (Å²) in [6.45, 7) is 3.00. The minimum Gasteiger partial charge on any atom is -0.351 e. The summed E-state index contributed by atoms with van der Waals surface area (Å²) in [7, 11) is -3.73. The Kier molecular flexibility index (Phi) is 7.79. The molecule has 3 N–H and O–H groups in total. The van der Waals surface area contributed by atoms with E-state index in [0.717, 1.165) is 18.4 Å². The van der Waals surface area contributed by atoms with Crippen molar-refractivity contribution in [3.63, 3.8) is 0 Å². The number of carbonyl (C=O) groups excluding carboxylic acids is 1. The van der Waals surface area contributed by atoms with Gasteiger partial charge in [0, 0.05) is 35.8 Å². The first kappa shape index (κ1) is 27.2. The van der Waals surface area contributed by atoms with E-state index < -0.39 is 44.7 Å². The molecule has 0 aliphatic rings. The van der Waals surface area contributed by atoms with Crippen molar-refractivity contribution in [2.45, 2.75) is 37.9 Å². The van der Waals surface area contributed by atoms with E-state index >= 15 is 0 Å². The van der Waals surface area contributed by atoms with Crippen LogP contribution in [0.3, 0.4) is 0 Å². The van der Waals surface area contributed by atoms with Crippen molar-refractivity contribution in [2.24, 2.45) is 5.73 Å². The third-order valence-electron chi connectivity index (χ3n) is 5.67. The first-order valence-electron chi connectivity index (χ1n) is 10.7. The van der Waals surface area contributed by atoms with Gasteiger partial charge in [0.1, 0.15) is 16.9 Å². The van der Waals surface area contributed by atoms with Gasteiger partial charge in [-0.3, -0.25) is 9.78 Å². The maximum atomic E-state index is 14.5. The van der Waals surface area contributed by atoms with Crippen molar-refractivity contribution in [3.8, 4) is 11.3 Å². The van der Waals surface area contributed by atoms with Gasteiger partial charge in [-0.2, -0.15) is 13.2 Å². The van der Waals surface area contributed by atoms with Gasteiger partial charge in [-0.05, 0) is 49.2 Å². The SMILES string of the molecule is Cc1ncccc1-c1nc(C(F)(F)F)ccc1CNC(=O)C(C)c1ccc(C(N)S(C)(=O)=O)c(F)c1. The highest BCUT2D eigenvalue weighted by Crippen LogP contribution is 2.32. The molecule has 192 valence electrons. The number of nitrogens with zero attached hydrogens (tertiary/aromatic N) is 2. The lowest BCUT2D eigenvalue weighted by molar-refractivity contribution is -0.141. The number of hydrogen-bond acceptors (Lipinski definition) is 6. The second-order valence-corrected chi connectivity index (χ2v) is 10.5. The normalized spacial score (nSPS) is 13.8.